The van der Waals surface area contributed by atoms with Gasteiger partial charge >= 0.3 is 5.97 Å². The molecule has 0 saturated carbocycles. The number of hydrogen-bond acceptors (Lipinski definition) is 4. The van der Waals surface area contributed by atoms with Crippen LogP contribution in [0.25, 0.3) is 0 Å². The molecule has 1 rings (SSSR count). The molecule has 6 heteroatoms. The molecule has 0 spiro atoms. The summed E-state index contributed by atoms with van der Waals surface area (Å²) < 4.78 is 5.15. The lowest BCUT2D eigenvalue weighted by Crippen LogP contribution is -2.52. The molecule has 1 saturated heterocycles. The van der Waals surface area contributed by atoms with Crippen LogP contribution in [0.2, 0.25) is 0 Å². The molecule has 1 amide bonds. The Morgan fingerprint density at radius 3 is 2.61 bits per heavy atom. The van der Waals surface area contributed by atoms with Crippen molar-refractivity contribution in [3.63, 3.8) is 0 Å². The quantitative estimate of drug-likeness (QED) is 0.719. The van der Waals surface area contributed by atoms with Gasteiger partial charge in [-0.15, -0.1) is 0 Å². The van der Waals surface area contributed by atoms with Crippen LogP contribution < -0.4 is 5.73 Å². The van der Waals surface area contributed by atoms with E-state index in [0.717, 1.165) is 6.42 Å². The Balaban J connectivity index is 2.71. The highest BCUT2D eigenvalue weighted by Crippen LogP contribution is 2.20. The van der Waals surface area contributed by atoms with Gasteiger partial charge in [0.2, 0.25) is 5.91 Å². The smallest absolute Gasteiger partial charge is 0.311 e. The maximum atomic E-state index is 12.2. The van der Waals surface area contributed by atoms with Gasteiger partial charge in [-0.05, 0) is 5.92 Å². The van der Waals surface area contributed by atoms with Crippen molar-refractivity contribution in [3.8, 4) is 0 Å². The number of nitrogens with two attached hydrogens (primary N) is 1. The van der Waals surface area contributed by atoms with Crippen molar-refractivity contribution < 1.29 is 19.4 Å². The molecule has 0 aromatic rings. The van der Waals surface area contributed by atoms with E-state index >= 15 is 0 Å². The van der Waals surface area contributed by atoms with E-state index in [1.807, 2.05) is 13.8 Å². The minimum atomic E-state index is -0.936. The molecular formula is C12H22N2O4. The van der Waals surface area contributed by atoms with Crippen LogP contribution in [0.5, 0.6) is 0 Å². The number of aliphatic carboxylic acids is 1. The number of hydrogen-bond donors (Lipinski definition) is 2. The van der Waals surface area contributed by atoms with Gasteiger partial charge in [-0.2, -0.15) is 0 Å². The fourth-order valence-electron chi connectivity index (χ4n) is 2.06. The maximum Gasteiger partial charge on any atom is 0.311 e. The van der Waals surface area contributed by atoms with Gasteiger partial charge in [0.05, 0.1) is 25.3 Å². The molecule has 0 aromatic heterocycles. The third kappa shape index (κ3) is 3.00. The second kappa shape index (κ2) is 6.15. The zero-order valence-electron chi connectivity index (χ0n) is 11.1. The van der Waals surface area contributed by atoms with Crippen molar-refractivity contribution in [2.45, 2.75) is 32.4 Å². The number of likely N-dealkylation sites (N-methyl/N-ethyl adjacent to an activating group) is 1. The fraction of sp³-hybridized carbons (Fsp3) is 0.833. The summed E-state index contributed by atoms with van der Waals surface area (Å²) in [6.07, 6.45) is 0.810. The zero-order chi connectivity index (χ0) is 13.9. The summed E-state index contributed by atoms with van der Waals surface area (Å²) in [5.74, 6) is -1.74. The number of rotatable bonds is 5. The molecule has 0 aromatic carbocycles. The van der Waals surface area contributed by atoms with Crippen molar-refractivity contribution in [2.24, 2.45) is 17.6 Å². The molecule has 0 aliphatic carbocycles. The molecule has 6 nitrogen and oxygen atoms in total. The molecule has 1 heterocycles. The molecule has 4 unspecified atom stereocenters. The average Bonchev–Trinajstić information content (AvgIpc) is 2.84. The highest BCUT2D eigenvalue weighted by atomic mass is 16.5. The Morgan fingerprint density at radius 2 is 2.11 bits per heavy atom. The lowest BCUT2D eigenvalue weighted by Gasteiger charge is -2.30. The summed E-state index contributed by atoms with van der Waals surface area (Å²) in [6, 6.07) is -1.01. The summed E-state index contributed by atoms with van der Waals surface area (Å²) in [5.41, 5.74) is 5.88. The summed E-state index contributed by atoms with van der Waals surface area (Å²) in [6.45, 7) is 4.29. The predicted octanol–water partition coefficient (Wildman–Crippen LogP) is -0.0822. The van der Waals surface area contributed by atoms with Crippen molar-refractivity contribution >= 4 is 11.9 Å². The minimum absolute atomic E-state index is 0.0746. The van der Waals surface area contributed by atoms with Crippen molar-refractivity contribution in [1.29, 1.82) is 0 Å². The van der Waals surface area contributed by atoms with E-state index in [-0.39, 0.29) is 25.0 Å². The Labute approximate surface area is 107 Å². The molecule has 104 valence electrons. The third-order valence-electron chi connectivity index (χ3n) is 3.75. The first-order chi connectivity index (χ1) is 8.40. The monoisotopic (exact) mass is 258 g/mol. The van der Waals surface area contributed by atoms with Crippen LogP contribution in [0, 0.1) is 11.8 Å². The fourth-order valence-corrected chi connectivity index (χ4v) is 2.06. The molecule has 0 bridgehead atoms. The second-order valence-electron chi connectivity index (χ2n) is 4.91. The largest absolute Gasteiger partial charge is 0.481 e. The molecular weight excluding hydrogens is 236 g/mol. The molecule has 4 atom stereocenters. The van der Waals surface area contributed by atoms with Gasteiger partial charge < -0.3 is 20.5 Å². The summed E-state index contributed by atoms with van der Waals surface area (Å²) in [4.78, 5) is 24.6. The molecule has 0 radical (unpaired) electrons. The number of amides is 1. The van der Waals surface area contributed by atoms with Gasteiger partial charge in [0.1, 0.15) is 5.92 Å². The van der Waals surface area contributed by atoms with Gasteiger partial charge in [-0.1, -0.05) is 20.3 Å². The van der Waals surface area contributed by atoms with E-state index in [4.69, 9.17) is 15.6 Å². The van der Waals surface area contributed by atoms with Crippen molar-refractivity contribution in [3.05, 3.63) is 0 Å². The number of carboxylic acid groups (broad SMARTS) is 1. The first-order valence-electron chi connectivity index (χ1n) is 6.22. The Morgan fingerprint density at radius 1 is 1.50 bits per heavy atom. The van der Waals surface area contributed by atoms with Gasteiger partial charge in [0, 0.05) is 7.05 Å². The Kier molecular flexibility index (Phi) is 5.10. The topological polar surface area (TPSA) is 92.9 Å². The molecule has 1 fully saturated rings. The van der Waals surface area contributed by atoms with E-state index in [9.17, 15) is 9.59 Å². The maximum absolute atomic E-state index is 12.2. The second-order valence-corrected chi connectivity index (χ2v) is 4.91. The zero-order valence-corrected chi connectivity index (χ0v) is 11.1. The summed E-state index contributed by atoms with van der Waals surface area (Å²) in [7, 11) is 1.60. The van der Waals surface area contributed by atoms with Crippen LogP contribution in [-0.2, 0) is 14.3 Å². The predicted molar refractivity (Wildman–Crippen MR) is 65.9 cm³/mol. The van der Waals surface area contributed by atoms with E-state index in [1.165, 1.54) is 4.90 Å². The number of carbonyl (C=O) groups excluding carboxylic acids is 1. The van der Waals surface area contributed by atoms with E-state index in [1.54, 1.807) is 7.05 Å². The van der Waals surface area contributed by atoms with Gasteiger partial charge in [-0.3, -0.25) is 9.59 Å². The normalized spacial score (nSPS) is 26.7. The van der Waals surface area contributed by atoms with E-state index in [0.29, 0.717) is 0 Å². The van der Waals surface area contributed by atoms with Crippen LogP contribution in [-0.4, -0.2) is 54.2 Å². The van der Waals surface area contributed by atoms with Gasteiger partial charge in [0.15, 0.2) is 0 Å². The number of carboxylic acids is 1. The molecule has 18 heavy (non-hydrogen) atoms. The van der Waals surface area contributed by atoms with Crippen LogP contribution in [0.3, 0.4) is 0 Å². The lowest BCUT2D eigenvalue weighted by molar-refractivity contribution is -0.145. The number of nitrogens with zero attached hydrogens (tertiary/aromatic N) is 1. The lowest BCUT2D eigenvalue weighted by atomic mass is 9.96. The first kappa shape index (κ1) is 14.9. The first-order valence-corrected chi connectivity index (χ1v) is 6.22. The van der Waals surface area contributed by atoms with Crippen molar-refractivity contribution in [2.75, 3.05) is 20.3 Å². The Hall–Kier alpha value is -1.14. The highest BCUT2D eigenvalue weighted by Gasteiger charge is 2.39. The molecule has 1 aliphatic rings. The van der Waals surface area contributed by atoms with Crippen LogP contribution in [0.4, 0.5) is 0 Å². The SMILES string of the molecule is CCC(C)C(N)C(=O)N(C)C1COCC1C(=O)O. The van der Waals surface area contributed by atoms with Crippen LogP contribution in [0.1, 0.15) is 20.3 Å². The van der Waals surface area contributed by atoms with Gasteiger partial charge in [-0.25, -0.2) is 0 Å². The van der Waals surface area contributed by atoms with E-state index in [2.05, 4.69) is 0 Å². The average molecular weight is 258 g/mol. The summed E-state index contributed by atoms with van der Waals surface area (Å²) >= 11 is 0. The standard InChI is InChI=1S/C12H22N2O4/c1-4-7(2)10(13)11(15)14(3)9-6-18-5-8(9)12(16)17/h7-10H,4-6,13H2,1-3H3,(H,16,17). The van der Waals surface area contributed by atoms with Crippen molar-refractivity contribution in [1.82, 2.24) is 4.90 Å². The molecule has 1 aliphatic heterocycles. The third-order valence-corrected chi connectivity index (χ3v) is 3.75. The molecule has 3 N–H and O–H groups in total. The number of carbonyl (C=O) groups is 2. The van der Waals surface area contributed by atoms with Gasteiger partial charge in [0.25, 0.3) is 0 Å². The van der Waals surface area contributed by atoms with E-state index < -0.39 is 24.0 Å². The summed E-state index contributed by atoms with van der Waals surface area (Å²) in [5, 5.41) is 9.06. The Bertz CT molecular complexity index is 321. The number of ether oxygens (including phenoxy) is 1. The van der Waals surface area contributed by atoms with Crippen LogP contribution >= 0.6 is 0 Å². The van der Waals surface area contributed by atoms with Crippen LogP contribution in [0.15, 0.2) is 0 Å². The minimum Gasteiger partial charge on any atom is -0.481 e. The highest BCUT2D eigenvalue weighted by molar-refractivity contribution is 5.83.